The van der Waals surface area contributed by atoms with E-state index < -0.39 is 6.10 Å². The zero-order valence-electron chi connectivity index (χ0n) is 9.60. The van der Waals surface area contributed by atoms with Gasteiger partial charge in [0.1, 0.15) is 5.03 Å². The number of hydrogen-bond donors (Lipinski definition) is 1. The Morgan fingerprint density at radius 2 is 2.11 bits per heavy atom. The fraction of sp³-hybridized carbons (Fsp3) is 0.154. The molecule has 0 unspecified atom stereocenters. The fourth-order valence-corrected chi connectivity index (χ4v) is 3.22. The van der Waals surface area contributed by atoms with Crippen LogP contribution in [0.5, 0.6) is 0 Å². The molecular formula is C13H11BrClNOS. The molecular weight excluding hydrogens is 334 g/mol. The largest absolute Gasteiger partial charge is 0.389 e. The minimum atomic E-state index is -0.480. The Hall–Kier alpha value is -0.550. The van der Waals surface area contributed by atoms with Crippen LogP contribution >= 0.6 is 39.3 Å². The molecule has 0 aliphatic carbocycles. The van der Waals surface area contributed by atoms with E-state index in [1.165, 1.54) is 0 Å². The summed E-state index contributed by atoms with van der Waals surface area (Å²) in [5.41, 5.74) is 0.878. The highest BCUT2D eigenvalue weighted by Gasteiger charge is 2.07. The van der Waals surface area contributed by atoms with Crippen LogP contribution in [0, 0.1) is 0 Å². The van der Waals surface area contributed by atoms with Crippen molar-refractivity contribution < 1.29 is 5.11 Å². The van der Waals surface area contributed by atoms with Crippen molar-refractivity contribution in [3.8, 4) is 0 Å². The average Bonchev–Trinajstić information content (AvgIpc) is 2.32. The van der Waals surface area contributed by atoms with E-state index in [2.05, 4.69) is 20.9 Å². The monoisotopic (exact) mass is 343 g/mol. The second kappa shape index (κ2) is 6.06. The number of halogens is 2. The second-order valence-corrected chi connectivity index (χ2v) is 6.16. The molecule has 0 saturated carbocycles. The Balaban J connectivity index is 2.20. The fourth-order valence-electron chi connectivity index (χ4n) is 1.45. The van der Waals surface area contributed by atoms with E-state index in [-0.39, 0.29) is 0 Å². The topological polar surface area (TPSA) is 33.1 Å². The first-order valence-electron chi connectivity index (χ1n) is 5.33. The van der Waals surface area contributed by atoms with Gasteiger partial charge in [0.25, 0.3) is 0 Å². The number of aromatic nitrogens is 1. The first-order chi connectivity index (χ1) is 8.56. The number of hydrogen-bond acceptors (Lipinski definition) is 3. The van der Waals surface area contributed by atoms with Crippen molar-refractivity contribution in [1.82, 2.24) is 4.98 Å². The molecule has 0 amide bonds. The maximum Gasteiger partial charge on any atom is 0.101 e. The minimum absolute atomic E-state index is 0.480. The van der Waals surface area contributed by atoms with Crippen molar-refractivity contribution >= 4 is 39.3 Å². The number of benzene rings is 1. The maximum atomic E-state index is 9.55. The standard InChI is InChI=1S/C13H11BrClNOS/c1-8(17)11-4-3-10(6-12(11)14)18-13-5-2-9(15)7-16-13/h2-8,17H,1H3/t8-/m0/s1. The zero-order chi connectivity index (χ0) is 13.1. The molecule has 0 fully saturated rings. The highest BCUT2D eigenvalue weighted by atomic mass is 79.9. The predicted molar refractivity (Wildman–Crippen MR) is 78.1 cm³/mol. The van der Waals surface area contributed by atoms with E-state index in [0.717, 1.165) is 20.0 Å². The molecule has 5 heteroatoms. The maximum absolute atomic E-state index is 9.55. The summed E-state index contributed by atoms with van der Waals surface area (Å²) in [7, 11) is 0. The average molecular weight is 345 g/mol. The second-order valence-electron chi connectivity index (χ2n) is 3.78. The van der Waals surface area contributed by atoms with Gasteiger partial charge in [0.05, 0.1) is 11.1 Å². The van der Waals surface area contributed by atoms with Crippen molar-refractivity contribution in [2.75, 3.05) is 0 Å². The summed E-state index contributed by atoms with van der Waals surface area (Å²) < 4.78 is 0.900. The van der Waals surface area contributed by atoms with Crippen LogP contribution in [0.3, 0.4) is 0 Å². The third-order valence-electron chi connectivity index (χ3n) is 2.34. The van der Waals surface area contributed by atoms with Crippen molar-refractivity contribution in [2.45, 2.75) is 22.9 Å². The van der Waals surface area contributed by atoms with Crippen LogP contribution in [0.2, 0.25) is 5.02 Å². The van der Waals surface area contributed by atoms with Crippen molar-refractivity contribution in [2.24, 2.45) is 0 Å². The van der Waals surface area contributed by atoms with Crippen molar-refractivity contribution in [3.05, 3.63) is 51.6 Å². The molecule has 0 aliphatic heterocycles. The minimum Gasteiger partial charge on any atom is -0.389 e. The van der Waals surface area contributed by atoms with Gasteiger partial charge >= 0.3 is 0 Å². The van der Waals surface area contributed by atoms with E-state index in [0.29, 0.717) is 5.02 Å². The highest BCUT2D eigenvalue weighted by Crippen LogP contribution is 2.32. The third-order valence-corrected chi connectivity index (χ3v) is 4.20. The van der Waals surface area contributed by atoms with Gasteiger partial charge in [0, 0.05) is 15.6 Å². The summed E-state index contributed by atoms with van der Waals surface area (Å²) in [6, 6.07) is 9.54. The molecule has 0 spiro atoms. The molecule has 2 rings (SSSR count). The van der Waals surface area contributed by atoms with E-state index in [9.17, 15) is 5.11 Å². The summed E-state index contributed by atoms with van der Waals surface area (Å²) in [5, 5.41) is 11.1. The molecule has 2 nitrogen and oxygen atoms in total. The molecule has 18 heavy (non-hydrogen) atoms. The van der Waals surface area contributed by atoms with Crippen LogP contribution in [0.1, 0.15) is 18.6 Å². The normalized spacial score (nSPS) is 12.4. The van der Waals surface area contributed by atoms with Gasteiger partial charge in [-0.25, -0.2) is 4.98 Å². The zero-order valence-corrected chi connectivity index (χ0v) is 12.8. The smallest absolute Gasteiger partial charge is 0.101 e. The molecule has 1 aromatic carbocycles. The number of aliphatic hydroxyl groups is 1. The summed E-state index contributed by atoms with van der Waals surface area (Å²) >= 11 is 10.8. The van der Waals surface area contributed by atoms with E-state index in [1.54, 1.807) is 24.9 Å². The quantitative estimate of drug-likeness (QED) is 0.876. The van der Waals surface area contributed by atoms with Gasteiger partial charge in [0.15, 0.2) is 0 Å². The lowest BCUT2D eigenvalue weighted by Gasteiger charge is -2.09. The summed E-state index contributed by atoms with van der Waals surface area (Å²) in [5.74, 6) is 0. The van der Waals surface area contributed by atoms with Crippen LogP contribution in [0.25, 0.3) is 0 Å². The molecule has 94 valence electrons. The first-order valence-corrected chi connectivity index (χ1v) is 7.32. The van der Waals surface area contributed by atoms with Crippen LogP contribution < -0.4 is 0 Å². The summed E-state index contributed by atoms with van der Waals surface area (Å²) in [6.45, 7) is 1.74. The third kappa shape index (κ3) is 3.48. The van der Waals surface area contributed by atoms with Crippen LogP contribution in [0.4, 0.5) is 0 Å². The van der Waals surface area contributed by atoms with Crippen LogP contribution in [-0.4, -0.2) is 10.1 Å². The van der Waals surface area contributed by atoms with Gasteiger partial charge in [-0.05, 0) is 36.8 Å². The Bertz CT molecular complexity index is 545. The highest BCUT2D eigenvalue weighted by molar-refractivity contribution is 9.10. The molecule has 0 radical (unpaired) electrons. The Morgan fingerprint density at radius 1 is 1.33 bits per heavy atom. The van der Waals surface area contributed by atoms with Gasteiger partial charge in [-0.15, -0.1) is 0 Å². The Kier molecular flexibility index (Phi) is 4.67. The number of pyridine rings is 1. The van der Waals surface area contributed by atoms with E-state index >= 15 is 0 Å². The molecule has 1 heterocycles. The molecule has 1 N–H and O–H groups in total. The Labute approximate surface area is 124 Å². The molecule has 0 saturated heterocycles. The molecule has 0 aliphatic rings. The molecule has 1 atom stereocenters. The van der Waals surface area contributed by atoms with E-state index in [4.69, 9.17) is 11.6 Å². The van der Waals surface area contributed by atoms with E-state index in [1.807, 2.05) is 30.3 Å². The van der Waals surface area contributed by atoms with Crippen molar-refractivity contribution in [1.29, 1.82) is 0 Å². The molecule has 2 aromatic rings. The number of nitrogens with zero attached hydrogens (tertiary/aromatic N) is 1. The van der Waals surface area contributed by atoms with Gasteiger partial charge in [0.2, 0.25) is 0 Å². The van der Waals surface area contributed by atoms with Gasteiger partial charge < -0.3 is 5.11 Å². The lowest BCUT2D eigenvalue weighted by atomic mass is 10.1. The number of aliphatic hydroxyl groups excluding tert-OH is 1. The lowest BCUT2D eigenvalue weighted by Crippen LogP contribution is -1.92. The SMILES string of the molecule is C[C@H](O)c1ccc(Sc2ccc(Cl)cn2)cc1Br. The first kappa shape index (κ1) is 13.9. The lowest BCUT2D eigenvalue weighted by molar-refractivity contribution is 0.198. The van der Waals surface area contributed by atoms with Crippen molar-refractivity contribution in [3.63, 3.8) is 0 Å². The molecule has 1 aromatic heterocycles. The Morgan fingerprint density at radius 3 is 2.67 bits per heavy atom. The number of rotatable bonds is 3. The van der Waals surface area contributed by atoms with Gasteiger partial charge in [-0.2, -0.15) is 0 Å². The predicted octanol–water partition coefficient (Wildman–Crippen LogP) is 4.70. The van der Waals surface area contributed by atoms with Gasteiger partial charge in [-0.1, -0.05) is 45.4 Å². The summed E-state index contributed by atoms with van der Waals surface area (Å²) in [4.78, 5) is 5.28. The molecule has 0 bridgehead atoms. The van der Waals surface area contributed by atoms with Crippen LogP contribution in [-0.2, 0) is 0 Å². The van der Waals surface area contributed by atoms with Crippen LogP contribution in [0.15, 0.2) is 50.9 Å². The summed E-state index contributed by atoms with van der Waals surface area (Å²) in [6.07, 6.45) is 1.15. The van der Waals surface area contributed by atoms with Gasteiger partial charge in [-0.3, -0.25) is 0 Å².